The Bertz CT molecular complexity index is 630. The Morgan fingerprint density at radius 2 is 2.10 bits per heavy atom. The zero-order chi connectivity index (χ0) is 15.6. The minimum absolute atomic E-state index is 0.00987. The van der Waals surface area contributed by atoms with Gasteiger partial charge in [-0.3, -0.25) is 14.5 Å². The molecule has 0 aromatic heterocycles. The number of hydrogen-bond acceptors (Lipinski definition) is 5. The molecule has 1 aromatic carbocycles. The smallest absolute Gasteiger partial charge is 0.293 e. The van der Waals surface area contributed by atoms with E-state index in [0.717, 1.165) is 11.8 Å². The maximum absolute atomic E-state index is 12.0. The van der Waals surface area contributed by atoms with Gasteiger partial charge in [-0.05, 0) is 65.3 Å². The largest absolute Gasteiger partial charge is 0.503 e. The van der Waals surface area contributed by atoms with Gasteiger partial charge in [-0.1, -0.05) is 0 Å². The van der Waals surface area contributed by atoms with Crippen molar-refractivity contribution in [2.45, 2.75) is 13.8 Å². The number of phenolic OH excluding ortho intramolecular Hbond substituents is 1. The number of amides is 2. The molecule has 0 saturated carbocycles. The SMILES string of the molecule is CCOc1cc(C=C2SC(=O)N(CC)C2=O)cc(Br)c1O. The van der Waals surface area contributed by atoms with Gasteiger partial charge in [0.25, 0.3) is 11.1 Å². The highest BCUT2D eigenvalue weighted by atomic mass is 79.9. The van der Waals surface area contributed by atoms with Crippen molar-refractivity contribution >= 4 is 44.9 Å². The van der Waals surface area contributed by atoms with Crippen molar-refractivity contribution in [2.24, 2.45) is 0 Å². The molecule has 0 atom stereocenters. The van der Waals surface area contributed by atoms with Gasteiger partial charge in [-0.25, -0.2) is 0 Å². The lowest BCUT2D eigenvalue weighted by Gasteiger charge is -2.09. The fraction of sp³-hybridized carbons (Fsp3) is 0.286. The predicted molar refractivity (Wildman–Crippen MR) is 85.3 cm³/mol. The molecule has 1 aliphatic rings. The molecule has 1 fully saturated rings. The third-order valence-corrected chi connectivity index (χ3v) is 4.35. The van der Waals surface area contributed by atoms with E-state index in [2.05, 4.69) is 15.9 Å². The monoisotopic (exact) mass is 371 g/mol. The molecule has 1 heterocycles. The fourth-order valence-corrected chi connectivity index (χ4v) is 3.23. The minimum atomic E-state index is -0.297. The lowest BCUT2D eigenvalue weighted by atomic mass is 10.2. The van der Waals surface area contributed by atoms with Crippen LogP contribution in [-0.4, -0.2) is 34.3 Å². The second-order valence-corrected chi connectivity index (χ2v) is 6.06. The average molecular weight is 372 g/mol. The third kappa shape index (κ3) is 3.24. The van der Waals surface area contributed by atoms with Crippen molar-refractivity contribution in [3.63, 3.8) is 0 Å². The van der Waals surface area contributed by atoms with Crippen LogP contribution >= 0.6 is 27.7 Å². The van der Waals surface area contributed by atoms with Gasteiger partial charge < -0.3 is 9.84 Å². The van der Waals surface area contributed by atoms with Crippen molar-refractivity contribution < 1.29 is 19.4 Å². The lowest BCUT2D eigenvalue weighted by molar-refractivity contribution is -0.122. The number of thioether (sulfide) groups is 1. The van der Waals surface area contributed by atoms with E-state index < -0.39 is 0 Å². The van der Waals surface area contributed by atoms with Gasteiger partial charge in [0, 0.05) is 6.54 Å². The average Bonchev–Trinajstić information content (AvgIpc) is 2.70. The summed E-state index contributed by atoms with van der Waals surface area (Å²) in [7, 11) is 0. The molecular weight excluding hydrogens is 358 g/mol. The second kappa shape index (κ2) is 6.53. The first kappa shape index (κ1) is 15.9. The van der Waals surface area contributed by atoms with Gasteiger partial charge in [0.2, 0.25) is 0 Å². The Labute approximate surface area is 135 Å². The highest BCUT2D eigenvalue weighted by Gasteiger charge is 2.33. The van der Waals surface area contributed by atoms with E-state index in [1.807, 2.05) is 6.92 Å². The van der Waals surface area contributed by atoms with Crippen molar-refractivity contribution in [1.82, 2.24) is 4.90 Å². The van der Waals surface area contributed by atoms with E-state index in [1.165, 1.54) is 4.90 Å². The van der Waals surface area contributed by atoms with Gasteiger partial charge in [0.15, 0.2) is 11.5 Å². The van der Waals surface area contributed by atoms with Crippen molar-refractivity contribution in [3.05, 3.63) is 27.1 Å². The van der Waals surface area contributed by atoms with Crippen LogP contribution in [0.25, 0.3) is 6.08 Å². The zero-order valence-corrected chi connectivity index (χ0v) is 14.0. The lowest BCUT2D eigenvalue weighted by Crippen LogP contribution is -2.27. The first-order valence-corrected chi connectivity index (χ1v) is 7.99. The summed E-state index contributed by atoms with van der Waals surface area (Å²) in [6.07, 6.45) is 1.62. The van der Waals surface area contributed by atoms with Crippen LogP contribution in [0.1, 0.15) is 19.4 Å². The number of hydrogen-bond donors (Lipinski definition) is 1. The number of nitrogens with zero attached hydrogens (tertiary/aromatic N) is 1. The van der Waals surface area contributed by atoms with Crippen LogP contribution in [0.3, 0.4) is 0 Å². The highest BCUT2D eigenvalue weighted by molar-refractivity contribution is 9.10. The number of likely N-dealkylation sites (N-methyl/N-ethyl adjacent to an activating group) is 1. The summed E-state index contributed by atoms with van der Waals surface area (Å²) in [6.45, 7) is 4.33. The molecule has 1 N–H and O–H groups in total. The van der Waals surface area contributed by atoms with Crippen molar-refractivity contribution in [1.29, 1.82) is 0 Å². The summed E-state index contributed by atoms with van der Waals surface area (Å²) in [5.41, 5.74) is 0.671. The number of aromatic hydroxyl groups is 1. The summed E-state index contributed by atoms with van der Waals surface area (Å²) < 4.78 is 5.80. The number of rotatable bonds is 4. The number of phenols is 1. The molecule has 1 saturated heterocycles. The fourth-order valence-electron chi connectivity index (χ4n) is 1.87. The first-order chi connectivity index (χ1) is 9.97. The Kier molecular flexibility index (Phi) is 4.95. The van der Waals surface area contributed by atoms with Crippen LogP contribution in [0.15, 0.2) is 21.5 Å². The molecule has 0 aliphatic carbocycles. The molecule has 5 nitrogen and oxygen atoms in total. The molecule has 2 amide bonds. The normalized spacial score (nSPS) is 16.9. The molecule has 0 spiro atoms. The van der Waals surface area contributed by atoms with Crippen molar-refractivity contribution in [2.75, 3.05) is 13.2 Å². The molecule has 112 valence electrons. The van der Waals surface area contributed by atoms with E-state index in [1.54, 1.807) is 25.1 Å². The number of benzene rings is 1. The third-order valence-electron chi connectivity index (χ3n) is 2.84. The predicted octanol–water partition coefficient (Wildman–Crippen LogP) is 3.61. The number of imide groups is 1. The first-order valence-electron chi connectivity index (χ1n) is 6.38. The summed E-state index contributed by atoms with van der Waals surface area (Å²) in [5, 5.41) is 9.59. The second-order valence-electron chi connectivity index (χ2n) is 4.21. The van der Waals surface area contributed by atoms with Crippen LogP contribution in [0.5, 0.6) is 11.5 Å². The van der Waals surface area contributed by atoms with Crippen molar-refractivity contribution in [3.8, 4) is 11.5 Å². The molecule has 0 bridgehead atoms. The molecule has 0 radical (unpaired) electrons. The van der Waals surface area contributed by atoms with E-state index in [9.17, 15) is 14.7 Å². The van der Waals surface area contributed by atoms with Gasteiger partial charge in [-0.2, -0.15) is 0 Å². The summed E-state index contributed by atoms with van der Waals surface area (Å²) in [4.78, 5) is 25.3. The topological polar surface area (TPSA) is 66.8 Å². The van der Waals surface area contributed by atoms with Gasteiger partial charge in [0.05, 0.1) is 16.0 Å². The van der Waals surface area contributed by atoms with Crippen LogP contribution in [0.4, 0.5) is 4.79 Å². The van der Waals surface area contributed by atoms with Crippen LogP contribution in [0, 0.1) is 0 Å². The number of carbonyl (C=O) groups excluding carboxylic acids is 2. The van der Waals surface area contributed by atoms with Gasteiger partial charge >= 0.3 is 0 Å². The van der Waals surface area contributed by atoms with Gasteiger partial charge in [-0.15, -0.1) is 0 Å². The molecule has 21 heavy (non-hydrogen) atoms. The van der Waals surface area contributed by atoms with Crippen LogP contribution in [0.2, 0.25) is 0 Å². The maximum atomic E-state index is 12.0. The Balaban J connectivity index is 2.37. The van der Waals surface area contributed by atoms with E-state index in [4.69, 9.17) is 4.74 Å². The standard InChI is InChI=1S/C14H14BrNO4S/c1-3-16-13(18)11(21-14(16)19)7-8-5-9(15)12(17)10(6-8)20-4-2/h5-7,17H,3-4H2,1-2H3. The minimum Gasteiger partial charge on any atom is -0.503 e. The maximum Gasteiger partial charge on any atom is 0.293 e. The molecule has 7 heteroatoms. The molecule has 0 unspecified atom stereocenters. The van der Waals surface area contributed by atoms with E-state index >= 15 is 0 Å². The summed E-state index contributed by atoms with van der Waals surface area (Å²) in [6, 6.07) is 3.29. The quantitative estimate of drug-likeness (QED) is 0.818. The van der Waals surface area contributed by atoms with E-state index in [0.29, 0.717) is 33.8 Å². The van der Waals surface area contributed by atoms with Gasteiger partial charge in [0.1, 0.15) is 0 Å². The summed E-state index contributed by atoms with van der Waals surface area (Å²) >= 11 is 4.15. The number of ether oxygens (including phenoxy) is 1. The zero-order valence-electron chi connectivity index (χ0n) is 11.6. The summed E-state index contributed by atoms with van der Waals surface area (Å²) in [5.74, 6) is 0.0400. The molecule has 2 rings (SSSR count). The Hall–Kier alpha value is -1.47. The van der Waals surface area contributed by atoms with Crippen LogP contribution in [-0.2, 0) is 4.79 Å². The highest BCUT2D eigenvalue weighted by Crippen LogP contribution is 2.38. The Morgan fingerprint density at radius 1 is 1.38 bits per heavy atom. The molecular formula is C14H14BrNO4S. The molecule has 1 aliphatic heterocycles. The number of halogens is 1. The van der Waals surface area contributed by atoms with Crippen LogP contribution < -0.4 is 4.74 Å². The molecule has 1 aromatic rings. The Morgan fingerprint density at radius 3 is 2.67 bits per heavy atom. The number of carbonyl (C=O) groups is 2. The van der Waals surface area contributed by atoms with E-state index in [-0.39, 0.29) is 16.9 Å².